The lowest BCUT2D eigenvalue weighted by Gasteiger charge is -2.18. The van der Waals surface area contributed by atoms with E-state index in [9.17, 15) is 0 Å². The van der Waals surface area contributed by atoms with Crippen molar-refractivity contribution in [1.29, 1.82) is 0 Å². The van der Waals surface area contributed by atoms with E-state index in [1.54, 1.807) is 0 Å². The van der Waals surface area contributed by atoms with E-state index in [0.717, 1.165) is 6.54 Å². The molecule has 2 nitrogen and oxygen atoms in total. The van der Waals surface area contributed by atoms with Crippen LogP contribution in [0.15, 0.2) is 63.8 Å². The Balaban J connectivity index is 0.00000192. The first-order valence-corrected chi connectivity index (χ1v) is 10.9. The Kier molecular flexibility index (Phi) is 5.42. The molecule has 4 aromatic rings. The number of pyridine rings is 1. The third-order valence-electron chi connectivity index (χ3n) is 5.27. The molecule has 3 heterocycles. The van der Waals surface area contributed by atoms with Gasteiger partial charge in [-0.25, -0.2) is 0 Å². The fourth-order valence-electron chi connectivity index (χ4n) is 3.88. The lowest BCUT2D eigenvalue weighted by Crippen LogP contribution is -3.00. The van der Waals surface area contributed by atoms with Crippen LogP contribution >= 0.6 is 23.1 Å². The summed E-state index contributed by atoms with van der Waals surface area (Å²) >= 11 is 3.69. The van der Waals surface area contributed by atoms with Crippen molar-refractivity contribution < 1.29 is 28.5 Å². The highest BCUT2D eigenvalue weighted by Gasteiger charge is 2.27. The van der Waals surface area contributed by atoms with Crippen LogP contribution in [0.4, 0.5) is 5.69 Å². The third-order valence-corrected chi connectivity index (χ3v) is 7.25. The molecule has 0 N–H and O–H groups in total. The molecule has 0 aliphatic carbocycles. The second-order valence-corrected chi connectivity index (χ2v) is 8.96. The Morgan fingerprint density at radius 3 is 2.75 bits per heavy atom. The fraction of sp³-hybridized carbons (Fsp3) is 0.174. The molecule has 2 aromatic carbocycles. The average molecular weight is 516 g/mol. The van der Waals surface area contributed by atoms with E-state index in [1.165, 1.54) is 47.9 Å². The summed E-state index contributed by atoms with van der Waals surface area (Å²) in [7, 11) is 2.16. The van der Waals surface area contributed by atoms with Gasteiger partial charge in [-0.3, -0.25) is 0 Å². The van der Waals surface area contributed by atoms with E-state index in [-0.39, 0.29) is 24.0 Å². The van der Waals surface area contributed by atoms with E-state index in [4.69, 9.17) is 0 Å². The Bertz CT molecular complexity index is 1230. The first kappa shape index (κ1) is 19.7. The van der Waals surface area contributed by atoms with Crippen LogP contribution in [0.3, 0.4) is 0 Å². The highest BCUT2D eigenvalue weighted by molar-refractivity contribution is 8.04. The van der Waals surface area contributed by atoms with E-state index in [2.05, 4.69) is 90.3 Å². The van der Waals surface area contributed by atoms with Crippen molar-refractivity contribution in [3.63, 3.8) is 0 Å². The van der Waals surface area contributed by atoms with Gasteiger partial charge in [0.05, 0.1) is 10.7 Å². The summed E-state index contributed by atoms with van der Waals surface area (Å²) < 4.78 is 3.65. The molecule has 0 radical (unpaired) electrons. The monoisotopic (exact) mass is 516 g/mol. The smallest absolute Gasteiger partial charge is 0.212 e. The summed E-state index contributed by atoms with van der Waals surface area (Å²) in [6.45, 7) is 5.35. The van der Waals surface area contributed by atoms with Crippen molar-refractivity contribution >= 4 is 55.9 Å². The predicted octanol–water partition coefficient (Wildman–Crippen LogP) is 3.12. The molecule has 0 spiro atoms. The van der Waals surface area contributed by atoms with Crippen molar-refractivity contribution in [2.24, 2.45) is 7.05 Å². The molecule has 0 saturated carbocycles. The van der Waals surface area contributed by atoms with Crippen LogP contribution in [0.25, 0.3) is 27.1 Å². The van der Waals surface area contributed by atoms with Gasteiger partial charge in [-0.2, -0.15) is 4.57 Å². The van der Waals surface area contributed by atoms with E-state index < -0.39 is 0 Å². The van der Waals surface area contributed by atoms with Crippen molar-refractivity contribution in [2.75, 3.05) is 11.4 Å². The number of hydrogen-bond acceptors (Lipinski definition) is 3. The fourth-order valence-corrected chi connectivity index (χ4v) is 5.86. The number of thioether (sulfide) groups is 1. The van der Waals surface area contributed by atoms with Crippen LogP contribution in [-0.2, 0) is 7.05 Å². The Hall–Kier alpha value is -1.57. The zero-order valence-corrected chi connectivity index (χ0v) is 19.9. The lowest BCUT2D eigenvalue weighted by atomic mass is 10.1. The second-order valence-electron chi connectivity index (χ2n) is 6.95. The number of fused-ring (bicyclic) bond motifs is 4. The van der Waals surface area contributed by atoms with Crippen LogP contribution in [0.1, 0.15) is 18.2 Å². The van der Waals surface area contributed by atoms with Crippen LogP contribution in [-0.4, -0.2) is 6.54 Å². The van der Waals surface area contributed by atoms with Gasteiger partial charge in [-0.05, 0) is 49.6 Å². The van der Waals surface area contributed by atoms with Crippen LogP contribution in [0.5, 0.6) is 0 Å². The minimum Gasteiger partial charge on any atom is -1.00 e. The largest absolute Gasteiger partial charge is 1.00 e. The van der Waals surface area contributed by atoms with Crippen LogP contribution in [0.2, 0.25) is 0 Å². The number of hydrogen-bond donors (Lipinski definition) is 0. The quantitative estimate of drug-likeness (QED) is 0.299. The van der Waals surface area contributed by atoms with E-state index >= 15 is 0 Å². The maximum absolute atomic E-state index is 2.45. The van der Waals surface area contributed by atoms with Crippen molar-refractivity contribution in [1.82, 2.24) is 0 Å². The van der Waals surface area contributed by atoms with Crippen molar-refractivity contribution in [3.8, 4) is 0 Å². The SMILES string of the molecule is CCN1/C(=C/c2ccc3cc(C)ccc3[n+]2C)Sc2ccc3sccc3c21.[I-]. The molecule has 0 bridgehead atoms. The number of aryl methyl sites for hydroxylation is 2. The number of rotatable bonds is 2. The Morgan fingerprint density at radius 1 is 1.07 bits per heavy atom. The summed E-state index contributed by atoms with van der Waals surface area (Å²) in [6.07, 6.45) is 2.33. The maximum atomic E-state index is 2.45. The highest BCUT2D eigenvalue weighted by Crippen LogP contribution is 2.50. The molecule has 5 rings (SSSR count). The normalized spacial score (nSPS) is 14.7. The molecule has 0 atom stereocenters. The van der Waals surface area contributed by atoms with Gasteiger partial charge in [-0.1, -0.05) is 23.4 Å². The number of benzene rings is 2. The number of anilines is 1. The summed E-state index contributed by atoms with van der Waals surface area (Å²) in [6, 6.07) is 17.9. The molecule has 2 aromatic heterocycles. The molecule has 0 amide bonds. The van der Waals surface area contributed by atoms with Gasteiger partial charge in [0, 0.05) is 45.1 Å². The number of nitrogens with zero attached hydrogens (tertiary/aromatic N) is 2. The maximum Gasteiger partial charge on any atom is 0.212 e. The molecule has 1 aliphatic rings. The minimum atomic E-state index is 0. The number of thiophene rings is 1. The molecule has 142 valence electrons. The topological polar surface area (TPSA) is 7.12 Å². The molecular formula is C23H21IN2S2. The molecular weight excluding hydrogens is 495 g/mol. The highest BCUT2D eigenvalue weighted by atomic mass is 127. The van der Waals surface area contributed by atoms with Gasteiger partial charge in [0.15, 0.2) is 0 Å². The van der Waals surface area contributed by atoms with Gasteiger partial charge in [0.2, 0.25) is 11.2 Å². The first-order valence-electron chi connectivity index (χ1n) is 9.22. The van der Waals surface area contributed by atoms with E-state index in [1.807, 2.05) is 23.1 Å². The Morgan fingerprint density at radius 2 is 1.93 bits per heavy atom. The standard InChI is InChI=1S/C23H21N2S2.HI/c1-4-25-22(27-21-10-9-20-18(23(21)25)11-12-26-20)14-17-7-6-16-13-15(2)5-8-19(16)24(17)3;/h5-14H,4H2,1-3H3;1H/q+1;/p-1. The van der Waals surface area contributed by atoms with Crippen LogP contribution in [0, 0.1) is 6.92 Å². The van der Waals surface area contributed by atoms with Crippen LogP contribution < -0.4 is 33.4 Å². The second kappa shape index (κ2) is 7.69. The van der Waals surface area contributed by atoms with Gasteiger partial charge in [-0.15, -0.1) is 11.3 Å². The molecule has 0 unspecified atom stereocenters. The summed E-state index contributed by atoms with van der Waals surface area (Å²) in [5.41, 5.74) is 5.15. The molecule has 28 heavy (non-hydrogen) atoms. The Labute approximate surface area is 190 Å². The molecule has 0 fully saturated rings. The van der Waals surface area contributed by atoms with Gasteiger partial charge < -0.3 is 28.9 Å². The van der Waals surface area contributed by atoms with Gasteiger partial charge in [0.25, 0.3) is 0 Å². The summed E-state index contributed by atoms with van der Waals surface area (Å²) in [5, 5.41) is 6.15. The first-order chi connectivity index (χ1) is 13.2. The van der Waals surface area contributed by atoms with Crippen molar-refractivity contribution in [2.45, 2.75) is 18.7 Å². The zero-order chi connectivity index (χ0) is 18.5. The predicted molar refractivity (Wildman–Crippen MR) is 119 cm³/mol. The summed E-state index contributed by atoms with van der Waals surface area (Å²) in [4.78, 5) is 3.81. The lowest BCUT2D eigenvalue weighted by molar-refractivity contribution is -0.646. The van der Waals surface area contributed by atoms with E-state index in [0.29, 0.717) is 0 Å². The zero-order valence-electron chi connectivity index (χ0n) is 16.1. The average Bonchev–Trinajstić information content (AvgIpc) is 3.27. The summed E-state index contributed by atoms with van der Waals surface area (Å²) in [5.74, 6) is 0. The van der Waals surface area contributed by atoms with Crippen molar-refractivity contribution in [3.05, 3.63) is 70.2 Å². The number of aromatic nitrogens is 1. The molecule has 0 saturated heterocycles. The van der Waals surface area contributed by atoms with Gasteiger partial charge in [0.1, 0.15) is 7.05 Å². The number of halogens is 1. The molecule has 5 heteroatoms. The molecule has 1 aliphatic heterocycles. The minimum absolute atomic E-state index is 0. The van der Waals surface area contributed by atoms with Gasteiger partial charge >= 0.3 is 0 Å². The third kappa shape index (κ3) is 3.13.